The molecule has 0 aliphatic heterocycles. The third kappa shape index (κ3) is 1.69. The van der Waals surface area contributed by atoms with Crippen molar-refractivity contribution in [3.8, 4) is 5.69 Å². The van der Waals surface area contributed by atoms with Gasteiger partial charge in [-0.2, -0.15) is 0 Å². The Labute approximate surface area is 99.1 Å². The first kappa shape index (κ1) is 10.3. The molecule has 4 heteroatoms. The van der Waals surface area contributed by atoms with Gasteiger partial charge in [0.25, 0.3) is 0 Å². The van der Waals surface area contributed by atoms with Crippen LogP contribution in [-0.2, 0) is 0 Å². The van der Waals surface area contributed by atoms with E-state index in [1.54, 1.807) is 12.3 Å². The maximum absolute atomic E-state index is 13.3. The Kier molecular flexibility index (Phi) is 2.18. The summed E-state index contributed by atoms with van der Waals surface area (Å²) in [7, 11) is 0. The summed E-state index contributed by atoms with van der Waals surface area (Å²) in [5.41, 5.74) is 7.60. The Morgan fingerprint density at radius 2 is 2.18 bits per heavy atom. The minimum atomic E-state index is -0.362. The van der Waals surface area contributed by atoms with E-state index in [-0.39, 0.29) is 11.5 Å². The first-order valence-electron chi connectivity index (χ1n) is 5.76. The zero-order valence-corrected chi connectivity index (χ0v) is 9.65. The van der Waals surface area contributed by atoms with Crippen LogP contribution in [0.5, 0.6) is 0 Å². The van der Waals surface area contributed by atoms with Gasteiger partial charge in [-0.1, -0.05) is 0 Å². The molecule has 0 saturated heterocycles. The highest BCUT2D eigenvalue weighted by Crippen LogP contribution is 2.40. The molecule has 2 N–H and O–H groups in total. The molecule has 0 spiro atoms. The average molecular weight is 231 g/mol. The number of hydrogen-bond donors (Lipinski definition) is 1. The molecule has 2 aromatic rings. The summed E-state index contributed by atoms with van der Waals surface area (Å²) in [6, 6.07) is 3.15. The van der Waals surface area contributed by atoms with Crippen molar-refractivity contribution in [3.05, 3.63) is 41.7 Å². The van der Waals surface area contributed by atoms with E-state index in [9.17, 15) is 4.39 Å². The molecule has 1 aliphatic rings. The Bertz CT molecular complexity index is 570. The number of halogens is 1. The molecule has 0 radical (unpaired) electrons. The van der Waals surface area contributed by atoms with Gasteiger partial charge in [-0.25, -0.2) is 9.37 Å². The van der Waals surface area contributed by atoms with E-state index in [1.807, 2.05) is 17.7 Å². The maximum Gasteiger partial charge on any atom is 0.146 e. The zero-order valence-electron chi connectivity index (χ0n) is 9.65. The molecular formula is C13H14FN3. The van der Waals surface area contributed by atoms with Gasteiger partial charge in [-0.15, -0.1) is 0 Å². The predicted molar refractivity (Wildman–Crippen MR) is 64.6 cm³/mol. The molecule has 1 aliphatic carbocycles. The van der Waals surface area contributed by atoms with Crippen molar-refractivity contribution in [2.45, 2.75) is 25.7 Å². The predicted octanol–water partition coefficient (Wildman–Crippen LogP) is 2.78. The number of anilines is 1. The highest BCUT2D eigenvalue weighted by molar-refractivity contribution is 5.54. The SMILES string of the molecule is Cc1cc(F)c(N)cc1-n1ccnc1C1CC1. The quantitative estimate of drug-likeness (QED) is 0.808. The molecule has 0 unspecified atom stereocenters. The summed E-state index contributed by atoms with van der Waals surface area (Å²) in [4.78, 5) is 4.38. The summed E-state index contributed by atoms with van der Waals surface area (Å²) in [5, 5.41) is 0. The Morgan fingerprint density at radius 1 is 1.41 bits per heavy atom. The van der Waals surface area contributed by atoms with E-state index in [1.165, 1.54) is 18.9 Å². The normalized spacial score (nSPS) is 15.2. The standard InChI is InChI=1S/C13H14FN3/c1-8-6-10(14)11(15)7-12(8)17-5-4-16-13(17)9-2-3-9/h4-7,9H,2-3,15H2,1H3. The van der Waals surface area contributed by atoms with Crippen molar-refractivity contribution < 1.29 is 4.39 Å². The first-order valence-corrected chi connectivity index (χ1v) is 5.76. The molecule has 1 fully saturated rings. The van der Waals surface area contributed by atoms with Gasteiger partial charge in [0.2, 0.25) is 0 Å². The topological polar surface area (TPSA) is 43.8 Å². The molecule has 1 aromatic heterocycles. The van der Waals surface area contributed by atoms with E-state index < -0.39 is 0 Å². The van der Waals surface area contributed by atoms with Crippen LogP contribution in [0.2, 0.25) is 0 Å². The summed E-state index contributed by atoms with van der Waals surface area (Å²) >= 11 is 0. The van der Waals surface area contributed by atoms with Gasteiger partial charge >= 0.3 is 0 Å². The van der Waals surface area contributed by atoms with Crippen LogP contribution in [0, 0.1) is 12.7 Å². The Balaban J connectivity index is 2.14. The van der Waals surface area contributed by atoms with Crippen LogP contribution in [0.15, 0.2) is 24.5 Å². The van der Waals surface area contributed by atoms with Crippen molar-refractivity contribution in [3.63, 3.8) is 0 Å². The first-order chi connectivity index (χ1) is 8.16. The minimum absolute atomic E-state index is 0.182. The number of nitrogen functional groups attached to an aromatic ring is 1. The second kappa shape index (κ2) is 3.58. The summed E-state index contributed by atoms with van der Waals surface area (Å²) < 4.78 is 15.3. The number of aromatic nitrogens is 2. The number of imidazole rings is 1. The molecule has 88 valence electrons. The Morgan fingerprint density at radius 3 is 2.88 bits per heavy atom. The lowest BCUT2D eigenvalue weighted by Crippen LogP contribution is -2.03. The van der Waals surface area contributed by atoms with Gasteiger partial charge in [0.15, 0.2) is 0 Å². The van der Waals surface area contributed by atoms with E-state index in [0.29, 0.717) is 5.92 Å². The zero-order chi connectivity index (χ0) is 12.0. The number of nitrogens with two attached hydrogens (primary N) is 1. The smallest absolute Gasteiger partial charge is 0.146 e. The molecule has 3 nitrogen and oxygen atoms in total. The molecule has 3 rings (SSSR count). The van der Waals surface area contributed by atoms with E-state index >= 15 is 0 Å². The number of benzene rings is 1. The molecule has 1 saturated carbocycles. The lowest BCUT2D eigenvalue weighted by Gasteiger charge is -2.11. The second-order valence-electron chi connectivity index (χ2n) is 4.59. The minimum Gasteiger partial charge on any atom is -0.396 e. The Hall–Kier alpha value is -1.84. The van der Waals surface area contributed by atoms with Crippen molar-refractivity contribution >= 4 is 5.69 Å². The largest absolute Gasteiger partial charge is 0.396 e. The van der Waals surface area contributed by atoms with Gasteiger partial charge < -0.3 is 10.3 Å². The van der Waals surface area contributed by atoms with E-state index in [2.05, 4.69) is 4.98 Å². The maximum atomic E-state index is 13.3. The van der Waals surface area contributed by atoms with Crippen LogP contribution < -0.4 is 5.73 Å². The molecular weight excluding hydrogens is 217 g/mol. The molecule has 17 heavy (non-hydrogen) atoms. The second-order valence-corrected chi connectivity index (χ2v) is 4.59. The average Bonchev–Trinajstić information content (AvgIpc) is 3.02. The fourth-order valence-corrected chi connectivity index (χ4v) is 2.10. The number of aryl methyl sites for hydroxylation is 1. The monoisotopic (exact) mass is 231 g/mol. The molecule has 0 bridgehead atoms. The fourth-order valence-electron chi connectivity index (χ4n) is 2.10. The number of rotatable bonds is 2. The van der Waals surface area contributed by atoms with Crippen LogP contribution in [0.1, 0.15) is 30.1 Å². The fraction of sp³-hybridized carbons (Fsp3) is 0.308. The summed E-state index contributed by atoms with van der Waals surface area (Å²) in [5.74, 6) is 1.24. The van der Waals surface area contributed by atoms with Gasteiger partial charge in [-0.3, -0.25) is 0 Å². The van der Waals surface area contributed by atoms with Crippen LogP contribution in [0.3, 0.4) is 0 Å². The lowest BCUT2D eigenvalue weighted by molar-refractivity contribution is 0.630. The van der Waals surface area contributed by atoms with Crippen LogP contribution in [-0.4, -0.2) is 9.55 Å². The van der Waals surface area contributed by atoms with Crippen molar-refractivity contribution in [2.24, 2.45) is 0 Å². The third-order valence-corrected chi connectivity index (χ3v) is 3.19. The van der Waals surface area contributed by atoms with Crippen LogP contribution in [0.25, 0.3) is 5.69 Å². The van der Waals surface area contributed by atoms with Gasteiger partial charge in [0.05, 0.1) is 11.4 Å². The van der Waals surface area contributed by atoms with Crippen LogP contribution in [0.4, 0.5) is 10.1 Å². The van der Waals surface area contributed by atoms with Crippen LogP contribution >= 0.6 is 0 Å². The molecule has 0 amide bonds. The highest BCUT2D eigenvalue weighted by Gasteiger charge is 2.28. The molecule has 1 heterocycles. The number of nitrogens with zero attached hydrogens (tertiary/aromatic N) is 2. The molecule has 0 atom stereocenters. The van der Waals surface area contributed by atoms with Gasteiger partial charge in [0.1, 0.15) is 11.6 Å². The van der Waals surface area contributed by atoms with Crippen molar-refractivity contribution in [2.75, 3.05) is 5.73 Å². The summed E-state index contributed by atoms with van der Waals surface area (Å²) in [6.45, 7) is 1.88. The molecule has 1 aromatic carbocycles. The van der Waals surface area contributed by atoms with Gasteiger partial charge in [-0.05, 0) is 37.5 Å². The third-order valence-electron chi connectivity index (χ3n) is 3.19. The van der Waals surface area contributed by atoms with Gasteiger partial charge in [0, 0.05) is 18.3 Å². The number of hydrogen-bond acceptors (Lipinski definition) is 2. The van der Waals surface area contributed by atoms with E-state index in [0.717, 1.165) is 17.1 Å². The summed E-state index contributed by atoms with van der Waals surface area (Å²) in [6.07, 6.45) is 6.07. The van der Waals surface area contributed by atoms with Crippen molar-refractivity contribution in [1.29, 1.82) is 0 Å². The van der Waals surface area contributed by atoms with E-state index in [4.69, 9.17) is 5.73 Å². The van der Waals surface area contributed by atoms with Crippen molar-refractivity contribution in [1.82, 2.24) is 9.55 Å². The lowest BCUT2D eigenvalue weighted by atomic mass is 10.1. The highest BCUT2D eigenvalue weighted by atomic mass is 19.1.